The van der Waals surface area contributed by atoms with Gasteiger partial charge < -0.3 is 9.73 Å². The zero-order chi connectivity index (χ0) is 22.7. The quantitative estimate of drug-likeness (QED) is 0.374. The number of nitrogens with zero attached hydrogens (tertiary/aromatic N) is 2. The highest BCUT2D eigenvalue weighted by molar-refractivity contribution is 8.15. The highest BCUT2D eigenvalue weighted by Gasteiger charge is 2.31. The number of rotatable bonds is 5. The van der Waals surface area contributed by atoms with Crippen molar-refractivity contribution in [1.82, 2.24) is 5.32 Å². The van der Waals surface area contributed by atoms with Crippen molar-refractivity contribution < 1.29 is 22.4 Å². The number of hydrogen-bond acceptors (Lipinski definition) is 5. The second kappa shape index (κ2) is 9.22. The molecule has 0 spiro atoms. The molecule has 2 heterocycles. The molecule has 3 aromatic rings. The zero-order valence-electron chi connectivity index (χ0n) is 16.3. The van der Waals surface area contributed by atoms with Crippen molar-refractivity contribution >= 4 is 40.7 Å². The zero-order valence-corrected chi connectivity index (χ0v) is 17.8. The lowest BCUT2D eigenvalue weighted by molar-refractivity contribution is -0.137. The van der Waals surface area contributed by atoms with Crippen molar-refractivity contribution in [1.29, 1.82) is 0 Å². The molecule has 1 saturated heterocycles. The first-order valence-corrected chi connectivity index (χ1v) is 10.6. The minimum absolute atomic E-state index is 0.172. The van der Waals surface area contributed by atoms with E-state index < -0.39 is 11.7 Å². The fourth-order valence-corrected chi connectivity index (χ4v) is 4.21. The van der Waals surface area contributed by atoms with Gasteiger partial charge in [-0.15, -0.1) is 5.10 Å². The molecule has 1 aliphatic rings. The van der Waals surface area contributed by atoms with Gasteiger partial charge in [0, 0.05) is 10.6 Å². The van der Waals surface area contributed by atoms with Crippen molar-refractivity contribution in [2.45, 2.75) is 17.8 Å². The Balaban J connectivity index is 1.40. The molecule has 1 unspecified atom stereocenters. The molecule has 1 atom stereocenters. The van der Waals surface area contributed by atoms with Crippen LogP contribution < -0.4 is 5.32 Å². The summed E-state index contributed by atoms with van der Waals surface area (Å²) in [5, 5.41) is 11.2. The molecule has 0 radical (unpaired) electrons. The number of amidine groups is 1. The highest BCUT2D eigenvalue weighted by atomic mass is 35.5. The first-order chi connectivity index (χ1) is 15.3. The van der Waals surface area contributed by atoms with Crippen LogP contribution in [-0.2, 0) is 17.4 Å². The summed E-state index contributed by atoms with van der Waals surface area (Å²) >= 11 is 7.24. The van der Waals surface area contributed by atoms with Gasteiger partial charge in [0.1, 0.15) is 11.5 Å². The van der Waals surface area contributed by atoms with E-state index in [2.05, 4.69) is 15.5 Å². The van der Waals surface area contributed by atoms with Gasteiger partial charge in [-0.3, -0.25) is 4.79 Å². The van der Waals surface area contributed by atoms with Crippen LogP contribution in [-0.4, -0.2) is 22.5 Å². The van der Waals surface area contributed by atoms with Gasteiger partial charge in [-0.05, 0) is 48.4 Å². The third kappa shape index (κ3) is 5.41. The molecule has 1 N–H and O–H groups in total. The number of carbonyl (C=O) groups excluding carboxylic acids is 1. The molecule has 0 aliphatic carbocycles. The van der Waals surface area contributed by atoms with Crippen LogP contribution in [0.2, 0.25) is 5.02 Å². The van der Waals surface area contributed by atoms with Gasteiger partial charge in [0.2, 0.25) is 5.91 Å². The Labute approximate surface area is 190 Å². The number of halogens is 4. The van der Waals surface area contributed by atoms with Crippen molar-refractivity contribution in [3.8, 4) is 11.3 Å². The van der Waals surface area contributed by atoms with Gasteiger partial charge in [-0.1, -0.05) is 47.6 Å². The molecule has 10 heteroatoms. The van der Waals surface area contributed by atoms with E-state index in [1.54, 1.807) is 18.2 Å². The van der Waals surface area contributed by atoms with E-state index in [0.29, 0.717) is 27.9 Å². The Kier molecular flexibility index (Phi) is 6.38. The maximum Gasteiger partial charge on any atom is 0.416 e. The van der Waals surface area contributed by atoms with Crippen molar-refractivity contribution in [2.75, 3.05) is 0 Å². The molecule has 0 saturated carbocycles. The smallest absolute Gasteiger partial charge is 0.416 e. The summed E-state index contributed by atoms with van der Waals surface area (Å²) in [5.74, 6) is 0.413. The molecule has 1 fully saturated rings. The van der Waals surface area contributed by atoms with Crippen LogP contribution in [0.3, 0.4) is 0 Å². The average molecular weight is 478 g/mol. The van der Waals surface area contributed by atoms with E-state index in [1.807, 2.05) is 18.2 Å². The molecule has 1 amide bonds. The van der Waals surface area contributed by atoms with Crippen LogP contribution in [0.15, 0.2) is 75.3 Å². The number of hydrogen-bond donors (Lipinski definition) is 1. The average Bonchev–Trinajstić information content (AvgIpc) is 3.35. The lowest BCUT2D eigenvalue weighted by Crippen LogP contribution is -2.25. The summed E-state index contributed by atoms with van der Waals surface area (Å²) in [6, 6.07) is 15.3. The van der Waals surface area contributed by atoms with Crippen LogP contribution in [0.1, 0.15) is 16.9 Å². The molecule has 164 valence electrons. The van der Waals surface area contributed by atoms with Crippen LogP contribution in [0, 0.1) is 0 Å². The first kappa shape index (κ1) is 22.2. The number of nitrogens with one attached hydrogen (secondary N) is 1. The van der Waals surface area contributed by atoms with Gasteiger partial charge in [0.05, 0.1) is 17.0 Å². The summed E-state index contributed by atoms with van der Waals surface area (Å²) < 4.78 is 44.2. The third-order valence-electron chi connectivity index (χ3n) is 4.52. The topological polar surface area (TPSA) is 67.0 Å². The Bertz CT molecular complexity index is 1210. The molecular weight excluding hydrogens is 463 g/mol. The molecule has 0 bridgehead atoms. The van der Waals surface area contributed by atoms with E-state index >= 15 is 0 Å². The predicted octanol–water partition coefficient (Wildman–Crippen LogP) is 5.78. The normalized spacial score (nSPS) is 17.9. The number of benzene rings is 2. The van der Waals surface area contributed by atoms with Gasteiger partial charge in [0.15, 0.2) is 5.17 Å². The summed E-state index contributed by atoms with van der Waals surface area (Å²) in [7, 11) is 0. The minimum atomic E-state index is -4.43. The van der Waals surface area contributed by atoms with E-state index in [1.165, 1.54) is 30.1 Å². The Morgan fingerprint density at radius 1 is 1.12 bits per heavy atom. The van der Waals surface area contributed by atoms with Crippen molar-refractivity contribution in [3.63, 3.8) is 0 Å². The summed E-state index contributed by atoms with van der Waals surface area (Å²) in [5.41, 5.74) is 0.482. The molecule has 4 rings (SSSR count). The second-order valence-corrected chi connectivity index (χ2v) is 8.49. The van der Waals surface area contributed by atoms with Crippen molar-refractivity contribution in [2.24, 2.45) is 10.2 Å². The molecule has 5 nitrogen and oxygen atoms in total. The van der Waals surface area contributed by atoms with Crippen LogP contribution in [0.4, 0.5) is 13.2 Å². The number of amides is 1. The first-order valence-electron chi connectivity index (χ1n) is 9.38. The van der Waals surface area contributed by atoms with E-state index in [4.69, 9.17) is 16.0 Å². The largest absolute Gasteiger partial charge is 0.455 e. The van der Waals surface area contributed by atoms with E-state index in [9.17, 15) is 18.0 Å². The SMILES string of the molecule is O=C1N/C(=N\N=C\c2ccc(-c3cccc(C(F)(F)F)c3)o2)SC1Cc1cccc(Cl)c1. The molecule has 1 aromatic heterocycles. The lowest BCUT2D eigenvalue weighted by atomic mass is 10.1. The molecular formula is C22H15ClF3N3O2S. The predicted molar refractivity (Wildman–Crippen MR) is 119 cm³/mol. The van der Waals surface area contributed by atoms with Crippen molar-refractivity contribution in [3.05, 3.63) is 82.6 Å². The van der Waals surface area contributed by atoms with Crippen LogP contribution in [0.5, 0.6) is 0 Å². The summed E-state index contributed by atoms with van der Waals surface area (Å²) in [6.45, 7) is 0. The summed E-state index contributed by atoms with van der Waals surface area (Å²) in [6.07, 6.45) is -2.61. The fourth-order valence-electron chi connectivity index (χ4n) is 3.03. The Morgan fingerprint density at radius 2 is 1.94 bits per heavy atom. The van der Waals surface area contributed by atoms with E-state index in [0.717, 1.165) is 17.7 Å². The highest BCUT2D eigenvalue weighted by Crippen LogP contribution is 2.32. The minimum Gasteiger partial charge on any atom is -0.455 e. The molecule has 32 heavy (non-hydrogen) atoms. The third-order valence-corrected chi connectivity index (χ3v) is 5.83. The standard InChI is InChI=1S/C22H15ClF3N3O2S/c23-16-6-1-3-13(9-16)10-19-20(30)28-21(32-19)29-27-12-17-7-8-18(31-17)14-4-2-5-15(11-14)22(24,25)26/h1-9,11-12,19H,10H2,(H,28,29,30)/b27-12+. The summed E-state index contributed by atoms with van der Waals surface area (Å²) in [4.78, 5) is 12.2. The number of thioether (sulfide) groups is 1. The number of carbonyl (C=O) groups is 1. The Morgan fingerprint density at radius 3 is 2.72 bits per heavy atom. The van der Waals surface area contributed by atoms with Gasteiger partial charge in [-0.25, -0.2) is 0 Å². The number of alkyl halides is 3. The van der Waals surface area contributed by atoms with Crippen LogP contribution >= 0.6 is 23.4 Å². The fraction of sp³-hybridized carbons (Fsp3) is 0.136. The molecule has 1 aliphatic heterocycles. The lowest BCUT2D eigenvalue weighted by Gasteiger charge is -2.07. The van der Waals surface area contributed by atoms with Crippen LogP contribution in [0.25, 0.3) is 11.3 Å². The Hall–Kier alpha value is -3.04. The number of furan rings is 1. The maximum absolute atomic E-state index is 12.9. The monoisotopic (exact) mass is 477 g/mol. The van der Waals surface area contributed by atoms with Gasteiger partial charge >= 0.3 is 6.18 Å². The van der Waals surface area contributed by atoms with Gasteiger partial charge in [-0.2, -0.15) is 18.3 Å². The molecule has 2 aromatic carbocycles. The van der Waals surface area contributed by atoms with E-state index in [-0.39, 0.29) is 16.9 Å². The second-order valence-electron chi connectivity index (χ2n) is 6.86. The van der Waals surface area contributed by atoms with Gasteiger partial charge in [0.25, 0.3) is 0 Å². The maximum atomic E-state index is 12.9.